The zero-order chi connectivity index (χ0) is 30.2. The smallest absolute Gasteiger partial charge is 0.237 e. The highest BCUT2D eigenvalue weighted by molar-refractivity contribution is 6.14. The molecule has 0 saturated carbocycles. The van der Waals surface area contributed by atoms with Crippen molar-refractivity contribution in [1.29, 1.82) is 0 Å². The summed E-state index contributed by atoms with van der Waals surface area (Å²) in [5.74, 6) is 0.563. The van der Waals surface area contributed by atoms with E-state index in [1.807, 2.05) is 6.07 Å². The molecule has 0 saturated heterocycles. The van der Waals surface area contributed by atoms with Crippen LogP contribution in [0.4, 0.5) is 0 Å². The van der Waals surface area contributed by atoms with Gasteiger partial charge in [0.05, 0.1) is 22.1 Å². The minimum Gasteiger partial charge on any atom is -0.309 e. The molecule has 0 bridgehead atoms. The van der Waals surface area contributed by atoms with Gasteiger partial charge in [-0.3, -0.25) is 4.57 Å². The monoisotopic (exact) mass is 588 g/mol. The number of hydrogen-bond donors (Lipinski definition) is 0. The second-order valence-corrected chi connectivity index (χ2v) is 11.6. The maximum Gasteiger partial charge on any atom is 0.237 e. The van der Waals surface area contributed by atoms with E-state index in [-0.39, 0.29) is 0 Å². The molecular formula is C40H24N6. The summed E-state index contributed by atoms with van der Waals surface area (Å²) in [4.78, 5) is 19.7. The molecule has 10 rings (SSSR count). The maximum absolute atomic E-state index is 5.30. The summed E-state index contributed by atoms with van der Waals surface area (Å²) in [6, 6.07) is 47.0. The molecular weight excluding hydrogens is 564 g/mol. The molecule has 0 aliphatic carbocycles. The van der Waals surface area contributed by atoms with Gasteiger partial charge in [-0.25, -0.2) is 15.0 Å². The Morgan fingerprint density at radius 3 is 1.89 bits per heavy atom. The van der Waals surface area contributed by atoms with E-state index in [4.69, 9.17) is 15.0 Å². The SMILES string of the molecule is c1ccc(-n2c3ccccc3c3ccc(-c4nc(-n5c6ccccc6c6cc7ccccc7cc65)nc5nccnc45)cc32)cc1. The van der Waals surface area contributed by atoms with Gasteiger partial charge in [-0.1, -0.05) is 91.0 Å². The minimum atomic E-state index is 0.554. The van der Waals surface area contributed by atoms with E-state index in [2.05, 4.69) is 142 Å². The lowest BCUT2D eigenvalue weighted by atomic mass is 10.1. The molecule has 0 radical (unpaired) electrons. The number of nitrogens with zero attached hydrogens (tertiary/aromatic N) is 6. The van der Waals surface area contributed by atoms with Gasteiger partial charge < -0.3 is 4.57 Å². The average Bonchev–Trinajstić information content (AvgIpc) is 3.62. The number of rotatable bonds is 3. The molecule has 6 nitrogen and oxygen atoms in total. The maximum atomic E-state index is 5.30. The van der Waals surface area contributed by atoms with Crippen LogP contribution >= 0.6 is 0 Å². The van der Waals surface area contributed by atoms with Gasteiger partial charge in [0.2, 0.25) is 5.95 Å². The molecule has 0 spiro atoms. The third-order valence-corrected chi connectivity index (χ3v) is 9.02. The molecule has 0 aliphatic heterocycles. The fourth-order valence-electron chi connectivity index (χ4n) is 7.00. The third-order valence-electron chi connectivity index (χ3n) is 9.02. The summed E-state index contributed by atoms with van der Waals surface area (Å²) in [6.07, 6.45) is 3.40. The largest absolute Gasteiger partial charge is 0.309 e. The van der Waals surface area contributed by atoms with E-state index in [0.717, 1.165) is 49.8 Å². The number of aromatic nitrogens is 6. The van der Waals surface area contributed by atoms with Gasteiger partial charge in [0.1, 0.15) is 11.2 Å². The number of hydrogen-bond acceptors (Lipinski definition) is 4. The highest BCUT2D eigenvalue weighted by Crippen LogP contribution is 2.37. The molecule has 0 amide bonds. The van der Waals surface area contributed by atoms with Gasteiger partial charge in [-0.2, -0.15) is 4.98 Å². The number of fused-ring (bicyclic) bond motifs is 8. The molecule has 0 aliphatic rings. The van der Waals surface area contributed by atoms with Gasteiger partial charge in [0.15, 0.2) is 5.65 Å². The second kappa shape index (κ2) is 9.55. The zero-order valence-corrected chi connectivity index (χ0v) is 24.5. The summed E-state index contributed by atoms with van der Waals surface area (Å²) < 4.78 is 4.48. The van der Waals surface area contributed by atoms with Gasteiger partial charge in [0.25, 0.3) is 0 Å². The Morgan fingerprint density at radius 2 is 1.07 bits per heavy atom. The predicted molar refractivity (Wildman–Crippen MR) is 187 cm³/mol. The van der Waals surface area contributed by atoms with Crippen LogP contribution in [0, 0.1) is 0 Å². The van der Waals surface area contributed by atoms with Gasteiger partial charge in [-0.05, 0) is 53.2 Å². The van der Waals surface area contributed by atoms with Crippen molar-refractivity contribution in [3.63, 3.8) is 0 Å². The molecule has 10 aromatic rings. The standard InChI is InChI=1S/C40H24N6/c1-2-12-28(13-3-1)45-33-16-8-6-14-29(33)31-19-18-27(24-35(31)45)37-38-39(42-21-20-41-38)44-40(43-37)46-34-17-9-7-15-30(34)32-22-25-10-4-5-11-26(25)23-36(32)46/h1-24H. The Morgan fingerprint density at radius 1 is 0.435 bits per heavy atom. The van der Waals surface area contributed by atoms with Crippen molar-refractivity contribution in [1.82, 2.24) is 29.1 Å². The van der Waals surface area contributed by atoms with Crippen molar-refractivity contribution in [2.45, 2.75) is 0 Å². The second-order valence-electron chi connectivity index (χ2n) is 11.6. The van der Waals surface area contributed by atoms with Crippen LogP contribution in [-0.4, -0.2) is 29.1 Å². The fraction of sp³-hybridized carbons (Fsp3) is 0. The number of para-hydroxylation sites is 3. The zero-order valence-electron chi connectivity index (χ0n) is 24.5. The first-order chi connectivity index (χ1) is 22.8. The third kappa shape index (κ3) is 3.58. The van der Waals surface area contributed by atoms with Crippen molar-refractivity contribution in [3.05, 3.63) is 146 Å². The van der Waals surface area contributed by atoms with E-state index in [1.165, 1.54) is 21.5 Å². The predicted octanol–water partition coefficient (Wildman–Crippen LogP) is 9.43. The van der Waals surface area contributed by atoms with Gasteiger partial charge in [0, 0.05) is 45.2 Å². The first kappa shape index (κ1) is 25.0. The molecule has 46 heavy (non-hydrogen) atoms. The Kier molecular flexibility index (Phi) is 5.19. The van der Waals surface area contributed by atoms with Crippen molar-refractivity contribution >= 4 is 65.5 Å². The van der Waals surface area contributed by atoms with Crippen LogP contribution in [0.15, 0.2) is 146 Å². The van der Waals surface area contributed by atoms with E-state index >= 15 is 0 Å². The summed E-state index contributed by atoms with van der Waals surface area (Å²) in [5.41, 5.74) is 8.38. The van der Waals surface area contributed by atoms with Crippen LogP contribution < -0.4 is 0 Å². The first-order valence-corrected chi connectivity index (χ1v) is 15.3. The van der Waals surface area contributed by atoms with Crippen molar-refractivity contribution in [3.8, 4) is 22.9 Å². The molecule has 0 fully saturated rings. The number of benzene rings is 6. The van der Waals surface area contributed by atoms with Gasteiger partial charge >= 0.3 is 0 Å². The minimum absolute atomic E-state index is 0.554. The van der Waals surface area contributed by atoms with Crippen LogP contribution in [-0.2, 0) is 0 Å². The first-order valence-electron chi connectivity index (χ1n) is 15.3. The summed E-state index contributed by atoms with van der Waals surface area (Å²) in [7, 11) is 0. The fourth-order valence-corrected chi connectivity index (χ4v) is 7.00. The Labute approximate surface area is 262 Å². The lowest BCUT2D eigenvalue weighted by Gasteiger charge is -2.12. The Balaban J connectivity index is 1.28. The summed E-state index contributed by atoms with van der Waals surface area (Å²) >= 11 is 0. The van der Waals surface area contributed by atoms with E-state index in [9.17, 15) is 0 Å². The molecule has 4 heterocycles. The quantitative estimate of drug-likeness (QED) is 0.206. The summed E-state index contributed by atoms with van der Waals surface area (Å²) in [6.45, 7) is 0. The van der Waals surface area contributed by atoms with Crippen LogP contribution in [0.5, 0.6) is 0 Å². The summed E-state index contributed by atoms with van der Waals surface area (Å²) in [5, 5.41) is 7.07. The van der Waals surface area contributed by atoms with Crippen LogP contribution in [0.3, 0.4) is 0 Å². The van der Waals surface area contributed by atoms with Crippen molar-refractivity contribution in [2.24, 2.45) is 0 Å². The van der Waals surface area contributed by atoms with E-state index in [1.54, 1.807) is 12.4 Å². The lowest BCUT2D eigenvalue weighted by Crippen LogP contribution is -2.05. The Bertz CT molecular complexity index is 2810. The van der Waals surface area contributed by atoms with Crippen molar-refractivity contribution in [2.75, 3.05) is 0 Å². The van der Waals surface area contributed by atoms with E-state index in [0.29, 0.717) is 17.1 Å². The van der Waals surface area contributed by atoms with Crippen LogP contribution in [0.1, 0.15) is 0 Å². The molecule has 4 aromatic heterocycles. The molecule has 0 N–H and O–H groups in total. The topological polar surface area (TPSA) is 61.4 Å². The molecule has 0 unspecified atom stereocenters. The molecule has 6 aromatic carbocycles. The van der Waals surface area contributed by atoms with Crippen LogP contribution in [0.25, 0.3) is 88.4 Å². The van der Waals surface area contributed by atoms with Crippen LogP contribution in [0.2, 0.25) is 0 Å². The highest BCUT2D eigenvalue weighted by atomic mass is 15.2. The molecule has 214 valence electrons. The van der Waals surface area contributed by atoms with E-state index < -0.39 is 0 Å². The normalized spacial score (nSPS) is 11.9. The Hall–Kier alpha value is -6.40. The van der Waals surface area contributed by atoms with Crippen molar-refractivity contribution < 1.29 is 0 Å². The van der Waals surface area contributed by atoms with Gasteiger partial charge in [-0.15, -0.1) is 0 Å². The highest BCUT2D eigenvalue weighted by Gasteiger charge is 2.20. The lowest BCUT2D eigenvalue weighted by molar-refractivity contribution is 0.999. The molecule has 6 heteroatoms. The average molecular weight is 589 g/mol. The molecule has 0 atom stereocenters.